The summed E-state index contributed by atoms with van der Waals surface area (Å²) in [5.41, 5.74) is 0. The van der Waals surface area contributed by atoms with E-state index in [-0.39, 0.29) is 4.11 Å². The number of ether oxygens (including phenoxy) is 1. The molecule has 0 heterocycles. The number of rotatable bonds is 1. The van der Waals surface area contributed by atoms with Gasteiger partial charge in [0.1, 0.15) is 0 Å². The van der Waals surface area contributed by atoms with Crippen molar-refractivity contribution in [2.75, 3.05) is 0 Å². The fraction of sp³-hybridized carbons (Fsp3) is 0.667. The monoisotopic (exact) mass is 215 g/mol. The smallest absolute Gasteiger partial charge is 0.418 e. The van der Waals surface area contributed by atoms with E-state index in [1.54, 1.807) is 6.92 Å². The van der Waals surface area contributed by atoms with Crippen LogP contribution in [-0.4, -0.2) is 10.3 Å². The highest BCUT2D eigenvalue weighted by atomic mass is 127. The molecule has 41 valence electrons. The molecule has 1 radical (unpaired) electrons. The lowest BCUT2D eigenvalue weighted by molar-refractivity contribution is 0.0675. The van der Waals surface area contributed by atoms with Crippen LogP contribution in [0.1, 0.15) is 6.92 Å². The maximum Gasteiger partial charge on any atom is 0.551 e. The van der Waals surface area contributed by atoms with Gasteiger partial charge < -0.3 is 4.74 Å². The van der Waals surface area contributed by atoms with Gasteiger partial charge in [0.05, 0.1) is 0 Å². The van der Waals surface area contributed by atoms with Crippen molar-refractivity contribution in [1.29, 1.82) is 0 Å². The Bertz CT molecular complexity index is 70.6. The molecular weight excluding hydrogens is 211 g/mol. The average Bonchev–Trinajstić information content (AvgIpc) is 1.27. The zero-order valence-electron chi connectivity index (χ0n) is 3.68. The highest BCUT2D eigenvalue weighted by Gasteiger charge is 2.01. The predicted molar refractivity (Wildman–Crippen MR) is 30.6 cm³/mol. The first kappa shape index (κ1) is 7.00. The van der Waals surface area contributed by atoms with Gasteiger partial charge in [0.25, 0.3) is 0 Å². The largest absolute Gasteiger partial charge is 0.551 e. The Labute approximate surface area is 54.8 Å². The summed E-state index contributed by atoms with van der Waals surface area (Å²) in [7, 11) is 0. The minimum absolute atomic E-state index is 0.317. The van der Waals surface area contributed by atoms with Gasteiger partial charge in [-0.25, -0.2) is 0 Å². The second-order valence-electron chi connectivity index (χ2n) is 0.911. The topological polar surface area (TPSA) is 46.2 Å². The van der Waals surface area contributed by atoms with Crippen molar-refractivity contribution in [1.82, 2.24) is 0 Å². The Balaban J connectivity index is 3.13. The van der Waals surface area contributed by atoms with E-state index in [1.165, 1.54) is 0 Å². The highest BCUT2D eigenvalue weighted by molar-refractivity contribution is 14.1. The molecule has 0 rings (SSSR count). The lowest BCUT2D eigenvalue weighted by Gasteiger charge is -1.95. The van der Waals surface area contributed by atoms with Gasteiger partial charge in [0.2, 0.25) is 0 Å². The van der Waals surface area contributed by atoms with Crippen LogP contribution in [0, 0.1) is 0 Å². The zero-order chi connectivity index (χ0) is 5.86. The molecule has 0 N–H and O–H groups in total. The molecule has 0 aliphatic rings. The molecule has 0 amide bonds. The Hall–Kier alpha value is 0. The van der Waals surface area contributed by atoms with E-state index >= 15 is 0 Å². The molecule has 3 nitrogen and oxygen atoms in total. The van der Waals surface area contributed by atoms with Gasteiger partial charge >= 0.3 is 6.16 Å². The maximum atomic E-state index is 9.47. The second kappa shape index (κ2) is 3.06. The fourth-order valence-corrected chi connectivity index (χ4v) is 0.340. The summed E-state index contributed by atoms with van der Waals surface area (Å²) >= 11 is 1.81. The quantitative estimate of drug-likeness (QED) is 0.376. The molecule has 4 heteroatoms. The number of halogens is 1. The number of hydrogen-bond donors (Lipinski definition) is 0. The van der Waals surface area contributed by atoms with E-state index in [9.17, 15) is 9.90 Å². The summed E-state index contributed by atoms with van der Waals surface area (Å²) in [6, 6.07) is 0. The van der Waals surface area contributed by atoms with Crippen LogP contribution in [0.5, 0.6) is 0 Å². The first-order valence-electron chi connectivity index (χ1n) is 1.64. The van der Waals surface area contributed by atoms with Crippen LogP contribution in [0.25, 0.3) is 0 Å². The lowest BCUT2D eigenvalue weighted by atomic mass is 10.9. The van der Waals surface area contributed by atoms with E-state index in [1.807, 2.05) is 22.6 Å². The summed E-state index contributed by atoms with van der Waals surface area (Å²) in [6.45, 7) is 1.61. The van der Waals surface area contributed by atoms with Crippen molar-refractivity contribution >= 4 is 28.7 Å². The van der Waals surface area contributed by atoms with Crippen molar-refractivity contribution in [3.05, 3.63) is 0 Å². The van der Waals surface area contributed by atoms with Crippen LogP contribution in [0.2, 0.25) is 0 Å². The molecular formula is C3H4IO3. The molecule has 0 saturated heterocycles. The Morgan fingerprint density at radius 1 is 1.86 bits per heavy atom. The lowest BCUT2D eigenvalue weighted by Crippen LogP contribution is -2.03. The third kappa shape index (κ3) is 6.00. The van der Waals surface area contributed by atoms with E-state index in [0.29, 0.717) is 0 Å². The standard InChI is InChI=1S/C3H4IO3/c1-2(4)7-3(5)6/h2H,1H3. The van der Waals surface area contributed by atoms with Crippen LogP contribution in [-0.2, 0) is 9.84 Å². The van der Waals surface area contributed by atoms with Crippen LogP contribution < -0.4 is 0 Å². The van der Waals surface area contributed by atoms with Crippen LogP contribution in [0.15, 0.2) is 0 Å². The first-order chi connectivity index (χ1) is 3.13. The van der Waals surface area contributed by atoms with Crippen molar-refractivity contribution in [2.45, 2.75) is 11.0 Å². The highest BCUT2D eigenvalue weighted by Crippen LogP contribution is 1.99. The zero-order valence-corrected chi connectivity index (χ0v) is 5.84. The van der Waals surface area contributed by atoms with Gasteiger partial charge in [-0.05, 0) is 29.5 Å². The molecule has 0 aliphatic carbocycles. The van der Waals surface area contributed by atoms with E-state index in [2.05, 4.69) is 4.74 Å². The molecule has 0 spiro atoms. The minimum Gasteiger partial charge on any atom is -0.418 e. The van der Waals surface area contributed by atoms with Crippen LogP contribution in [0.4, 0.5) is 4.79 Å². The van der Waals surface area contributed by atoms with Crippen molar-refractivity contribution < 1.29 is 14.6 Å². The number of carbonyl (C=O) groups excluding carboxylic acids is 1. The molecule has 0 fully saturated rings. The van der Waals surface area contributed by atoms with Crippen LogP contribution in [0.3, 0.4) is 0 Å². The Morgan fingerprint density at radius 2 is 2.29 bits per heavy atom. The molecule has 0 aliphatic heterocycles. The van der Waals surface area contributed by atoms with Crippen molar-refractivity contribution in [3.63, 3.8) is 0 Å². The van der Waals surface area contributed by atoms with E-state index in [0.717, 1.165) is 0 Å². The Kier molecular flexibility index (Phi) is 3.06. The third-order valence-electron chi connectivity index (χ3n) is 0.259. The molecule has 0 bridgehead atoms. The van der Waals surface area contributed by atoms with Gasteiger partial charge in [0, 0.05) is 0 Å². The number of carbonyl (C=O) groups is 1. The summed E-state index contributed by atoms with van der Waals surface area (Å²) in [4.78, 5) is 9.47. The van der Waals surface area contributed by atoms with Crippen LogP contribution >= 0.6 is 22.6 Å². The molecule has 0 aromatic heterocycles. The molecule has 1 atom stereocenters. The summed E-state index contributed by atoms with van der Waals surface area (Å²) in [5.74, 6) is 0. The van der Waals surface area contributed by atoms with Gasteiger partial charge in [-0.15, -0.1) is 0 Å². The summed E-state index contributed by atoms with van der Waals surface area (Å²) in [5, 5.41) is 9.47. The third-order valence-corrected chi connectivity index (χ3v) is 0.513. The summed E-state index contributed by atoms with van der Waals surface area (Å²) < 4.78 is 3.73. The number of alkyl halides is 1. The molecule has 0 aromatic rings. The van der Waals surface area contributed by atoms with Crippen molar-refractivity contribution in [3.8, 4) is 0 Å². The molecule has 0 saturated carbocycles. The van der Waals surface area contributed by atoms with Gasteiger partial charge in [0.15, 0.2) is 4.11 Å². The minimum atomic E-state index is -1.47. The first-order valence-corrected chi connectivity index (χ1v) is 2.89. The normalized spacial score (nSPS) is 12.9. The Morgan fingerprint density at radius 3 is 2.29 bits per heavy atom. The summed E-state index contributed by atoms with van der Waals surface area (Å²) in [6.07, 6.45) is -1.47. The number of hydrogen-bond acceptors (Lipinski definition) is 2. The predicted octanol–water partition coefficient (Wildman–Crippen LogP) is 1.33. The van der Waals surface area contributed by atoms with Gasteiger partial charge in [-0.2, -0.15) is 9.90 Å². The molecule has 0 aromatic carbocycles. The average molecular weight is 215 g/mol. The van der Waals surface area contributed by atoms with Crippen molar-refractivity contribution in [2.24, 2.45) is 0 Å². The SMILES string of the molecule is CC(I)OC([O])=O. The van der Waals surface area contributed by atoms with Gasteiger partial charge in [-0.3, -0.25) is 0 Å². The van der Waals surface area contributed by atoms with Gasteiger partial charge in [-0.1, -0.05) is 0 Å². The molecule has 1 unspecified atom stereocenters. The van der Waals surface area contributed by atoms with E-state index in [4.69, 9.17) is 0 Å². The second-order valence-corrected chi connectivity index (χ2v) is 2.67. The molecule has 7 heavy (non-hydrogen) atoms. The van der Waals surface area contributed by atoms with E-state index < -0.39 is 6.16 Å². The maximum absolute atomic E-state index is 9.47. The fourth-order valence-electron chi connectivity index (χ4n) is 0.133.